The minimum absolute atomic E-state index is 0.0852. The van der Waals surface area contributed by atoms with Crippen molar-refractivity contribution in [2.75, 3.05) is 6.54 Å². The summed E-state index contributed by atoms with van der Waals surface area (Å²) in [5.74, 6) is -1.33. The molecule has 23 heavy (non-hydrogen) atoms. The van der Waals surface area contributed by atoms with Crippen molar-refractivity contribution in [3.8, 4) is 0 Å². The number of aliphatic carboxylic acids is 1. The Hall–Kier alpha value is -2.27. The van der Waals surface area contributed by atoms with Gasteiger partial charge in [-0.1, -0.05) is 25.1 Å². The molecule has 1 atom stereocenters. The van der Waals surface area contributed by atoms with Crippen LogP contribution in [-0.4, -0.2) is 38.8 Å². The number of aromatic nitrogens is 1. The topological polar surface area (TPSA) is 73.4 Å². The molecule has 120 valence electrons. The van der Waals surface area contributed by atoms with Crippen molar-refractivity contribution in [1.29, 1.82) is 0 Å². The molecule has 0 aliphatic carbocycles. The van der Waals surface area contributed by atoms with Crippen LogP contribution < -0.4 is 0 Å². The molecule has 6 heteroatoms. The number of hydrogen-bond acceptors (Lipinski definition) is 2. The number of aromatic amines is 1. The van der Waals surface area contributed by atoms with Crippen molar-refractivity contribution < 1.29 is 14.7 Å². The van der Waals surface area contributed by atoms with Crippen molar-refractivity contribution in [2.45, 2.75) is 25.1 Å². The first kappa shape index (κ1) is 15.6. The van der Waals surface area contributed by atoms with E-state index in [4.69, 9.17) is 11.6 Å². The van der Waals surface area contributed by atoms with Crippen molar-refractivity contribution in [3.05, 3.63) is 41.7 Å². The summed E-state index contributed by atoms with van der Waals surface area (Å²) in [6.07, 6.45) is 2.48. The molecule has 0 radical (unpaired) electrons. The molecule has 1 aromatic heterocycles. The monoisotopic (exact) mass is 332 g/mol. The second kappa shape index (κ2) is 6.08. The second-order valence-electron chi connectivity index (χ2n) is 5.53. The maximum Gasteiger partial charge on any atom is 0.339 e. The van der Waals surface area contributed by atoms with Gasteiger partial charge in [-0.2, -0.15) is 0 Å². The van der Waals surface area contributed by atoms with Gasteiger partial charge in [0.1, 0.15) is 5.38 Å². The van der Waals surface area contributed by atoms with E-state index in [1.54, 1.807) is 0 Å². The van der Waals surface area contributed by atoms with E-state index in [9.17, 15) is 14.7 Å². The molecule has 5 nitrogen and oxygen atoms in total. The third kappa shape index (κ3) is 2.72. The van der Waals surface area contributed by atoms with E-state index in [2.05, 4.69) is 4.98 Å². The number of rotatable bonds is 3. The molecule has 0 fully saturated rings. The van der Waals surface area contributed by atoms with E-state index in [1.165, 1.54) is 11.1 Å². The maximum absolute atomic E-state index is 12.3. The van der Waals surface area contributed by atoms with Crippen LogP contribution in [0.1, 0.15) is 24.6 Å². The standard InChI is InChI=1S/C17H17ClN2O3/c1-2-13(18)16(21)20-8-7-11-10-5-3-4-6-14(10)19-15(11)12(9-20)17(22)23/h3-6,9,13,19H,2,7-8H2,1H3,(H,22,23). The first-order valence-corrected chi connectivity index (χ1v) is 7.96. The van der Waals surface area contributed by atoms with Gasteiger partial charge < -0.3 is 15.0 Å². The summed E-state index contributed by atoms with van der Waals surface area (Å²) < 4.78 is 0. The SMILES string of the molecule is CCC(Cl)C(=O)N1C=C(C(=O)O)c2[nH]c3ccccc3c2CC1. The van der Waals surface area contributed by atoms with Crippen molar-refractivity contribution in [2.24, 2.45) is 0 Å². The van der Waals surface area contributed by atoms with E-state index < -0.39 is 11.3 Å². The zero-order valence-electron chi connectivity index (χ0n) is 12.7. The van der Waals surface area contributed by atoms with Crippen LogP contribution in [0.15, 0.2) is 30.5 Å². The van der Waals surface area contributed by atoms with Gasteiger partial charge in [-0.05, 0) is 24.5 Å². The number of benzene rings is 1. The van der Waals surface area contributed by atoms with Gasteiger partial charge >= 0.3 is 5.97 Å². The smallest absolute Gasteiger partial charge is 0.339 e. The second-order valence-corrected chi connectivity index (χ2v) is 6.06. The third-order valence-corrected chi connectivity index (χ3v) is 4.61. The lowest BCUT2D eigenvalue weighted by molar-refractivity contribution is -0.130. The molecule has 2 N–H and O–H groups in total. The minimum atomic E-state index is -1.07. The average molecular weight is 333 g/mol. The summed E-state index contributed by atoms with van der Waals surface area (Å²) in [6, 6.07) is 7.69. The van der Waals surface area contributed by atoms with Gasteiger partial charge in [-0.3, -0.25) is 4.79 Å². The number of alkyl halides is 1. The Bertz CT molecular complexity index is 809. The summed E-state index contributed by atoms with van der Waals surface area (Å²) in [4.78, 5) is 28.6. The molecule has 3 rings (SSSR count). The Morgan fingerprint density at radius 3 is 2.83 bits per heavy atom. The van der Waals surface area contributed by atoms with E-state index in [1.807, 2.05) is 31.2 Å². The van der Waals surface area contributed by atoms with Gasteiger partial charge in [0.2, 0.25) is 5.91 Å². The molecule has 0 spiro atoms. The van der Waals surface area contributed by atoms with Crippen molar-refractivity contribution >= 4 is 40.0 Å². The number of fused-ring (bicyclic) bond motifs is 3. The molecular weight excluding hydrogens is 316 g/mol. The third-order valence-electron chi connectivity index (χ3n) is 4.11. The van der Waals surface area contributed by atoms with Gasteiger partial charge in [0, 0.05) is 23.6 Å². The number of H-pyrrole nitrogens is 1. The molecule has 0 bridgehead atoms. The predicted molar refractivity (Wildman–Crippen MR) is 89.3 cm³/mol. The number of carboxylic acid groups (broad SMARTS) is 1. The number of hydrogen-bond donors (Lipinski definition) is 2. The Balaban J connectivity index is 2.10. The van der Waals surface area contributed by atoms with E-state index in [-0.39, 0.29) is 11.5 Å². The molecule has 1 amide bonds. The van der Waals surface area contributed by atoms with Gasteiger partial charge in [-0.15, -0.1) is 11.6 Å². The van der Waals surface area contributed by atoms with E-state index in [0.29, 0.717) is 25.1 Å². The highest BCUT2D eigenvalue weighted by atomic mass is 35.5. The highest BCUT2D eigenvalue weighted by Crippen LogP contribution is 2.31. The maximum atomic E-state index is 12.3. The average Bonchev–Trinajstić information content (AvgIpc) is 2.80. The van der Waals surface area contributed by atoms with Gasteiger partial charge in [0.15, 0.2) is 0 Å². The molecular formula is C17H17ClN2O3. The highest BCUT2D eigenvalue weighted by Gasteiger charge is 2.28. The van der Waals surface area contributed by atoms with Crippen LogP contribution in [0.5, 0.6) is 0 Å². The number of halogens is 1. The number of carbonyl (C=O) groups is 2. The quantitative estimate of drug-likeness (QED) is 0.849. The number of para-hydroxylation sites is 1. The first-order valence-electron chi connectivity index (χ1n) is 7.52. The first-order chi connectivity index (χ1) is 11.0. The van der Waals surface area contributed by atoms with E-state index >= 15 is 0 Å². The van der Waals surface area contributed by atoms with Crippen LogP contribution >= 0.6 is 11.6 Å². The van der Waals surface area contributed by atoms with Crippen LogP contribution in [0.2, 0.25) is 0 Å². The molecule has 1 unspecified atom stereocenters. The number of carbonyl (C=O) groups excluding carboxylic acids is 1. The summed E-state index contributed by atoms with van der Waals surface area (Å²) in [5.41, 5.74) is 2.47. The summed E-state index contributed by atoms with van der Waals surface area (Å²) in [7, 11) is 0. The summed E-state index contributed by atoms with van der Waals surface area (Å²) in [5, 5.41) is 9.92. The van der Waals surface area contributed by atoms with Crippen LogP contribution in [0.4, 0.5) is 0 Å². The Labute approximate surface area is 138 Å². The summed E-state index contributed by atoms with van der Waals surface area (Å²) >= 11 is 6.03. The molecule has 1 aromatic carbocycles. The molecule has 2 heterocycles. The van der Waals surface area contributed by atoms with Gasteiger partial charge in [0.05, 0.1) is 11.3 Å². The van der Waals surface area contributed by atoms with Crippen LogP contribution in [0.3, 0.4) is 0 Å². The number of nitrogens with one attached hydrogen (secondary N) is 1. The normalized spacial score (nSPS) is 15.7. The zero-order valence-corrected chi connectivity index (χ0v) is 13.4. The Morgan fingerprint density at radius 2 is 2.13 bits per heavy atom. The molecule has 1 aliphatic rings. The Morgan fingerprint density at radius 1 is 1.39 bits per heavy atom. The van der Waals surface area contributed by atoms with Gasteiger partial charge in [-0.25, -0.2) is 4.79 Å². The number of amides is 1. The fourth-order valence-corrected chi connectivity index (χ4v) is 3.02. The zero-order chi connectivity index (χ0) is 16.6. The lowest BCUT2D eigenvalue weighted by Crippen LogP contribution is -2.34. The molecule has 0 saturated carbocycles. The largest absolute Gasteiger partial charge is 0.478 e. The van der Waals surface area contributed by atoms with Crippen LogP contribution in [-0.2, 0) is 16.0 Å². The lowest BCUT2D eigenvalue weighted by Gasteiger charge is -2.19. The van der Waals surface area contributed by atoms with E-state index in [0.717, 1.165) is 16.5 Å². The van der Waals surface area contributed by atoms with Crippen molar-refractivity contribution in [1.82, 2.24) is 9.88 Å². The molecule has 1 aliphatic heterocycles. The minimum Gasteiger partial charge on any atom is -0.478 e. The van der Waals surface area contributed by atoms with Crippen LogP contribution in [0, 0.1) is 0 Å². The predicted octanol–water partition coefficient (Wildman–Crippen LogP) is 3.00. The molecule has 2 aromatic rings. The fourth-order valence-electron chi connectivity index (χ4n) is 2.90. The lowest BCUT2D eigenvalue weighted by atomic mass is 10.0. The molecule has 0 saturated heterocycles. The Kier molecular flexibility index (Phi) is 4.13. The van der Waals surface area contributed by atoms with Crippen LogP contribution in [0.25, 0.3) is 16.5 Å². The fraction of sp³-hybridized carbons (Fsp3) is 0.294. The summed E-state index contributed by atoms with van der Waals surface area (Å²) in [6.45, 7) is 2.24. The number of carboxylic acids is 1. The highest BCUT2D eigenvalue weighted by molar-refractivity contribution is 6.31. The number of nitrogens with zero attached hydrogens (tertiary/aromatic N) is 1. The van der Waals surface area contributed by atoms with Crippen molar-refractivity contribution in [3.63, 3.8) is 0 Å². The van der Waals surface area contributed by atoms with Gasteiger partial charge in [0.25, 0.3) is 0 Å².